The number of hydrogen-bond donors (Lipinski definition) is 2. The molecule has 2 nitrogen and oxygen atoms in total. The average Bonchev–Trinajstić information content (AvgIpc) is 2.54. The maximum absolute atomic E-state index is 10.4. The maximum atomic E-state index is 10.4. The van der Waals surface area contributed by atoms with Gasteiger partial charge in [-0.05, 0) is 37.5 Å². The molecule has 76 valence electrons. The first kappa shape index (κ1) is 9.81. The van der Waals surface area contributed by atoms with E-state index in [0.717, 1.165) is 36.8 Å². The van der Waals surface area contributed by atoms with Crippen LogP contribution in [0.25, 0.3) is 0 Å². The molecule has 3 unspecified atom stereocenters. The Labute approximate surface area is 84.5 Å². The summed E-state index contributed by atoms with van der Waals surface area (Å²) in [5.74, 6) is 2.83. The molecule has 2 rings (SSSR count). The molecule has 3 atom stereocenters. The van der Waals surface area contributed by atoms with Crippen LogP contribution in [0.2, 0.25) is 0 Å². The topological polar surface area (TPSA) is 32.3 Å². The minimum absolute atomic E-state index is 0.353. The van der Waals surface area contributed by atoms with Crippen molar-refractivity contribution >= 4 is 11.8 Å². The highest BCUT2D eigenvalue weighted by Crippen LogP contribution is 2.34. The predicted molar refractivity (Wildman–Crippen MR) is 57.1 cm³/mol. The predicted octanol–water partition coefficient (Wildman–Crippen LogP) is 1.24. The molecule has 0 aromatic rings. The van der Waals surface area contributed by atoms with E-state index in [9.17, 15) is 5.11 Å². The van der Waals surface area contributed by atoms with Gasteiger partial charge in [0.1, 0.15) is 0 Å². The Bertz CT molecular complexity index is 180. The number of thioether (sulfide) groups is 1. The van der Waals surface area contributed by atoms with E-state index < -0.39 is 5.60 Å². The second-order valence-electron chi connectivity index (χ2n) is 4.54. The van der Waals surface area contributed by atoms with Gasteiger partial charge in [-0.3, -0.25) is 0 Å². The number of aliphatic hydroxyl groups is 1. The molecule has 13 heavy (non-hydrogen) atoms. The molecule has 3 heteroatoms. The molecule has 2 aliphatic heterocycles. The van der Waals surface area contributed by atoms with Crippen molar-refractivity contribution in [2.45, 2.75) is 37.8 Å². The van der Waals surface area contributed by atoms with Gasteiger partial charge in [-0.15, -0.1) is 0 Å². The Balaban J connectivity index is 1.98. The lowest BCUT2D eigenvalue weighted by Gasteiger charge is -2.38. The molecule has 2 fully saturated rings. The van der Waals surface area contributed by atoms with Gasteiger partial charge in [0.2, 0.25) is 0 Å². The second kappa shape index (κ2) is 3.79. The summed E-state index contributed by atoms with van der Waals surface area (Å²) in [5.41, 5.74) is -0.403. The van der Waals surface area contributed by atoms with Crippen LogP contribution in [0.5, 0.6) is 0 Å². The minimum Gasteiger partial charge on any atom is -0.387 e. The number of rotatable bonds is 1. The summed E-state index contributed by atoms with van der Waals surface area (Å²) in [6, 6.07) is 0.353. The smallest absolute Gasteiger partial charge is 0.0897 e. The Morgan fingerprint density at radius 1 is 1.54 bits per heavy atom. The van der Waals surface area contributed by atoms with Gasteiger partial charge in [0, 0.05) is 11.8 Å². The normalized spacial score (nSPS) is 46.6. The Morgan fingerprint density at radius 3 is 3.00 bits per heavy atom. The summed E-state index contributed by atoms with van der Waals surface area (Å²) < 4.78 is 0. The fourth-order valence-corrected chi connectivity index (χ4v) is 3.70. The van der Waals surface area contributed by atoms with Gasteiger partial charge < -0.3 is 10.4 Å². The average molecular weight is 201 g/mol. The van der Waals surface area contributed by atoms with Gasteiger partial charge in [0.15, 0.2) is 0 Å². The molecule has 0 spiro atoms. The summed E-state index contributed by atoms with van der Waals surface area (Å²) in [7, 11) is 0. The standard InChI is InChI=1S/C10H19NOS/c1-8-2-4-11-9(6-8)10(12)3-5-13-7-10/h8-9,11-12H,2-7H2,1H3. The molecule has 0 aromatic heterocycles. The molecule has 2 N–H and O–H groups in total. The number of nitrogens with one attached hydrogen (secondary N) is 1. The summed E-state index contributed by atoms with van der Waals surface area (Å²) in [4.78, 5) is 0. The van der Waals surface area contributed by atoms with Crippen molar-refractivity contribution < 1.29 is 5.11 Å². The lowest BCUT2D eigenvalue weighted by molar-refractivity contribution is 0.0101. The van der Waals surface area contributed by atoms with E-state index in [4.69, 9.17) is 0 Å². The highest BCUT2D eigenvalue weighted by atomic mass is 32.2. The first-order valence-electron chi connectivity index (χ1n) is 5.24. The van der Waals surface area contributed by atoms with Crippen LogP contribution in [0.3, 0.4) is 0 Å². The highest BCUT2D eigenvalue weighted by Gasteiger charge is 2.41. The van der Waals surface area contributed by atoms with E-state index >= 15 is 0 Å². The number of hydrogen-bond acceptors (Lipinski definition) is 3. The minimum atomic E-state index is -0.403. The third-order valence-corrected chi connectivity index (χ3v) is 4.54. The van der Waals surface area contributed by atoms with E-state index in [1.165, 1.54) is 6.42 Å². The quantitative estimate of drug-likeness (QED) is 0.669. The summed E-state index contributed by atoms with van der Waals surface area (Å²) in [6.07, 6.45) is 3.39. The Kier molecular flexibility index (Phi) is 2.86. The van der Waals surface area contributed by atoms with Crippen LogP contribution in [0, 0.1) is 5.92 Å². The Morgan fingerprint density at radius 2 is 2.38 bits per heavy atom. The van der Waals surface area contributed by atoms with Crippen molar-refractivity contribution in [2.75, 3.05) is 18.1 Å². The van der Waals surface area contributed by atoms with Gasteiger partial charge >= 0.3 is 0 Å². The number of piperidine rings is 1. The molecule has 0 aliphatic carbocycles. The van der Waals surface area contributed by atoms with Gasteiger partial charge in [-0.25, -0.2) is 0 Å². The van der Waals surface area contributed by atoms with E-state index in [2.05, 4.69) is 12.2 Å². The summed E-state index contributed by atoms with van der Waals surface area (Å²) in [5, 5.41) is 13.8. The zero-order valence-electron chi connectivity index (χ0n) is 8.25. The van der Waals surface area contributed by atoms with Crippen LogP contribution in [-0.2, 0) is 0 Å². The van der Waals surface area contributed by atoms with E-state index in [-0.39, 0.29) is 0 Å². The molecule has 0 aromatic carbocycles. The van der Waals surface area contributed by atoms with Crippen LogP contribution in [0.15, 0.2) is 0 Å². The van der Waals surface area contributed by atoms with Crippen LogP contribution in [0.4, 0.5) is 0 Å². The zero-order chi connectivity index (χ0) is 9.31. The monoisotopic (exact) mass is 201 g/mol. The fraction of sp³-hybridized carbons (Fsp3) is 1.00. The molecule has 2 aliphatic rings. The van der Waals surface area contributed by atoms with Crippen LogP contribution in [0.1, 0.15) is 26.2 Å². The molecule has 0 amide bonds. The molecule has 0 bridgehead atoms. The van der Waals surface area contributed by atoms with Crippen molar-refractivity contribution in [3.63, 3.8) is 0 Å². The van der Waals surface area contributed by atoms with Crippen molar-refractivity contribution in [1.82, 2.24) is 5.32 Å². The van der Waals surface area contributed by atoms with Gasteiger partial charge in [-0.2, -0.15) is 11.8 Å². The Hall–Kier alpha value is 0.270. The molecule has 2 heterocycles. The molecule has 2 saturated heterocycles. The van der Waals surface area contributed by atoms with Crippen LogP contribution >= 0.6 is 11.8 Å². The largest absolute Gasteiger partial charge is 0.387 e. The van der Waals surface area contributed by atoms with Gasteiger partial charge in [0.25, 0.3) is 0 Å². The van der Waals surface area contributed by atoms with Crippen LogP contribution in [-0.4, -0.2) is 34.8 Å². The zero-order valence-corrected chi connectivity index (χ0v) is 9.07. The molecule has 0 saturated carbocycles. The van der Waals surface area contributed by atoms with Crippen LogP contribution < -0.4 is 5.32 Å². The SMILES string of the molecule is CC1CCNC(C2(O)CCSC2)C1. The third-order valence-electron chi connectivity index (χ3n) is 3.35. The maximum Gasteiger partial charge on any atom is 0.0897 e. The van der Waals surface area contributed by atoms with Crippen molar-refractivity contribution in [2.24, 2.45) is 5.92 Å². The summed E-state index contributed by atoms with van der Waals surface area (Å²) >= 11 is 1.89. The van der Waals surface area contributed by atoms with E-state index in [1.54, 1.807) is 0 Å². The van der Waals surface area contributed by atoms with Gasteiger partial charge in [-0.1, -0.05) is 6.92 Å². The fourth-order valence-electron chi connectivity index (χ4n) is 2.36. The summed E-state index contributed by atoms with van der Waals surface area (Å²) in [6.45, 7) is 3.37. The van der Waals surface area contributed by atoms with Crippen molar-refractivity contribution in [3.8, 4) is 0 Å². The van der Waals surface area contributed by atoms with Crippen molar-refractivity contribution in [3.05, 3.63) is 0 Å². The first-order chi connectivity index (χ1) is 6.21. The lowest BCUT2D eigenvalue weighted by atomic mass is 9.83. The lowest BCUT2D eigenvalue weighted by Crippen LogP contribution is -2.54. The van der Waals surface area contributed by atoms with Crippen molar-refractivity contribution in [1.29, 1.82) is 0 Å². The van der Waals surface area contributed by atoms with E-state index in [0.29, 0.717) is 6.04 Å². The second-order valence-corrected chi connectivity index (χ2v) is 5.65. The first-order valence-corrected chi connectivity index (χ1v) is 6.40. The third kappa shape index (κ3) is 2.03. The van der Waals surface area contributed by atoms with Gasteiger partial charge in [0.05, 0.1) is 5.60 Å². The molecular formula is C10H19NOS. The molecular weight excluding hydrogens is 182 g/mol. The van der Waals surface area contributed by atoms with E-state index in [1.807, 2.05) is 11.8 Å². The molecule has 0 radical (unpaired) electrons. The highest BCUT2D eigenvalue weighted by molar-refractivity contribution is 7.99.